The molecular formula is C8H13NO2S. The van der Waals surface area contributed by atoms with Crippen LogP contribution in [0.3, 0.4) is 0 Å². The predicted molar refractivity (Wildman–Crippen MR) is 50.0 cm³/mol. The van der Waals surface area contributed by atoms with Gasteiger partial charge >= 0.3 is 0 Å². The molecule has 1 rings (SSSR count). The maximum absolute atomic E-state index is 9.48. The Morgan fingerprint density at radius 1 is 1.33 bits per heavy atom. The zero-order valence-corrected chi connectivity index (χ0v) is 8.26. The molecule has 0 bridgehead atoms. The Morgan fingerprint density at radius 2 is 1.83 bits per heavy atom. The summed E-state index contributed by atoms with van der Waals surface area (Å²) in [5, 5.41) is 18.9. The number of aromatic nitrogens is 1. The van der Waals surface area contributed by atoms with Crippen molar-refractivity contribution in [2.75, 3.05) is 0 Å². The molecule has 0 aliphatic rings. The van der Waals surface area contributed by atoms with E-state index in [1.54, 1.807) is 0 Å². The summed E-state index contributed by atoms with van der Waals surface area (Å²) in [6, 6.07) is 1.42. The van der Waals surface area contributed by atoms with E-state index in [1.807, 2.05) is 20.8 Å². The Morgan fingerprint density at radius 3 is 2.00 bits per heavy atom. The van der Waals surface area contributed by atoms with Crippen molar-refractivity contribution in [2.24, 2.45) is 0 Å². The van der Waals surface area contributed by atoms with Crippen LogP contribution in [0.4, 0.5) is 0 Å². The van der Waals surface area contributed by atoms with Gasteiger partial charge < -0.3 is 10.2 Å². The summed E-state index contributed by atoms with van der Waals surface area (Å²) < 4.78 is 1.43. The summed E-state index contributed by atoms with van der Waals surface area (Å²) in [4.78, 5) is 0.391. The first-order chi connectivity index (χ1) is 5.34. The molecule has 0 atom stereocenters. The van der Waals surface area contributed by atoms with Crippen molar-refractivity contribution in [3.8, 4) is 11.8 Å². The highest BCUT2D eigenvalue weighted by molar-refractivity contribution is 7.80. The van der Waals surface area contributed by atoms with Gasteiger partial charge in [-0.05, 0) is 20.8 Å². The number of aromatic hydroxyl groups is 2. The molecule has 0 saturated carbocycles. The molecule has 0 spiro atoms. The Kier molecular flexibility index (Phi) is 2.04. The zero-order valence-electron chi connectivity index (χ0n) is 7.37. The summed E-state index contributed by atoms with van der Waals surface area (Å²) in [7, 11) is 0. The van der Waals surface area contributed by atoms with Crippen molar-refractivity contribution in [1.29, 1.82) is 0 Å². The fourth-order valence-electron chi connectivity index (χ4n) is 1.14. The van der Waals surface area contributed by atoms with Crippen LogP contribution in [0.2, 0.25) is 0 Å². The van der Waals surface area contributed by atoms with Crippen molar-refractivity contribution in [1.82, 2.24) is 4.57 Å². The van der Waals surface area contributed by atoms with Gasteiger partial charge in [0.1, 0.15) is 0 Å². The van der Waals surface area contributed by atoms with Gasteiger partial charge in [0.15, 0.2) is 5.88 Å². The minimum absolute atomic E-state index is 0.00309. The molecule has 1 heterocycles. The quantitative estimate of drug-likeness (QED) is 0.543. The van der Waals surface area contributed by atoms with E-state index in [4.69, 9.17) is 0 Å². The van der Waals surface area contributed by atoms with Crippen molar-refractivity contribution in [3.05, 3.63) is 6.07 Å². The maximum Gasteiger partial charge on any atom is 0.208 e. The molecule has 0 amide bonds. The Balaban J connectivity index is 3.32. The fourth-order valence-corrected chi connectivity index (χ4v) is 1.35. The average Bonchev–Trinajstić information content (AvgIpc) is 2.05. The predicted octanol–water partition coefficient (Wildman–Crippen LogP) is 1.94. The lowest BCUT2D eigenvalue weighted by molar-refractivity contribution is 0.281. The maximum atomic E-state index is 9.48. The summed E-state index contributed by atoms with van der Waals surface area (Å²) in [6.45, 7) is 5.67. The number of hydrogen-bond acceptors (Lipinski definition) is 3. The Labute approximate surface area is 77.1 Å². The molecule has 0 unspecified atom stereocenters. The highest BCUT2D eigenvalue weighted by atomic mass is 32.1. The van der Waals surface area contributed by atoms with E-state index < -0.39 is 0 Å². The molecule has 0 aliphatic heterocycles. The lowest BCUT2D eigenvalue weighted by Gasteiger charge is -2.22. The smallest absolute Gasteiger partial charge is 0.208 e. The highest BCUT2D eigenvalue weighted by Crippen LogP contribution is 2.35. The molecule has 4 heteroatoms. The lowest BCUT2D eigenvalue weighted by atomic mass is 10.1. The molecule has 0 saturated heterocycles. The van der Waals surface area contributed by atoms with E-state index in [-0.39, 0.29) is 17.3 Å². The van der Waals surface area contributed by atoms with Gasteiger partial charge in [-0.15, -0.1) is 12.6 Å². The molecule has 0 aromatic carbocycles. The van der Waals surface area contributed by atoms with Crippen LogP contribution in [0.15, 0.2) is 11.0 Å². The first kappa shape index (κ1) is 9.32. The van der Waals surface area contributed by atoms with E-state index in [2.05, 4.69) is 12.6 Å². The third kappa shape index (κ3) is 1.39. The SMILES string of the molecule is CC(C)(C)n1c(O)cc(S)c1O. The molecular weight excluding hydrogens is 174 g/mol. The van der Waals surface area contributed by atoms with Crippen molar-refractivity contribution in [2.45, 2.75) is 31.2 Å². The normalized spacial score (nSPS) is 12.0. The number of hydrogen-bond donors (Lipinski definition) is 3. The van der Waals surface area contributed by atoms with Crippen molar-refractivity contribution >= 4 is 12.6 Å². The average molecular weight is 187 g/mol. The molecule has 1 aromatic heterocycles. The van der Waals surface area contributed by atoms with Gasteiger partial charge in [0.05, 0.1) is 4.90 Å². The number of nitrogens with zero attached hydrogens (tertiary/aromatic N) is 1. The van der Waals surface area contributed by atoms with Gasteiger partial charge in [-0.1, -0.05) is 0 Å². The molecule has 68 valence electrons. The molecule has 12 heavy (non-hydrogen) atoms. The van der Waals surface area contributed by atoms with Crippen LogP contribution in [0.25, 0.3) is 0 Å². The first-order valence-electron chi connectivity index (χ1n) is 3.67. The van der Waals surface area contributed by atoms with Crippen LogP contribution in [0, 0.1) is 0 Å². The van der Waals surface area contributed by atoms with Gasteiger partial charge in [0.25, 0.3) is 0 Å². The van der Waals surface area contributed by atoms with Crippen molar-refractivity contribution < 1.29 is 10.2 Å². The largest absolute Gasteiger partial charge is 0.494 e. The highest BCUT2D eigenvalue weighted by Gasteiger charge is 2.22. The molecule has 0 radical (unpaired) electrons. The zero-order chi connectivity index (χ0) is 9.52. The van der Waals surface area contributed by atoms with Gasteiger partial charge in [-0.3, -0.25) is 4.57 Å². The van der Waals surface area contributed by atoms with Gasteiger partial charge in [0.2, 0.25) is 5.88 Å². The van der Waals surface area contributed by atoms with Crippen molar-refractivity contribution in [3.63, 3.8) is 0 Å². The molecule has 0 fully saturated rings. The third-order valence-corrected chi connectivity index (χ3v) is 1.94. The standard InChI is InChI=1S/C8H13NO2S/c1-8(2,3)9-6(10)4-5(12)7(9)11/h4,10-12H,1-3H3. The van der Waals surface area contributed by atoms with Crippen LogP contribution < -0.4 is 0 Å². The topological polar surface area (TPSA) is 45.4 Å². The van der Waals surface area contributed by atoms with Crippen LogP contribution in [0.1, 0.15) is 20.8 Å². The number of thiol groups is 1. The Hall–Kier alpha value is -0.770. The second-order valence-electron chi connectivity index (χ2n) is 3.72. The van der Waals surface area contributed by atoms with Crippen LogP contribution >= 0.6 is 12.6 Å². The fraction of sp³-hybridized carbons (Fsp3) is 0.500. The minimum Gasteiger partial charge on any atom is -0.494 e. The van der Waals surface area contributed by atoms with E-state index in [1.165, 1.54) is 10.6 Å². The summed E-state index contributed by atoms with van der Waals surface area (Å²) in [5.74, 6) is 0.0355. The van der Waals surface area contributed by atoms with Crippen LogP contribution in [-0.2, 0) is 5.54 Å². The van der Waals surface area contributed by atoms with E-state index >= 15 is 0 Å². The summed E-state index contributed by atoms with van der Waals surface area (Å²) in [6.07, 6.45) is 0. The first-order valence-corrected chi connectivity index (χ1v) is 4.12. The van der Waals surface area contributed by atoms with Crippen LogP contribution in [0.5, 0.6) is 11.8 Å². The van der Waals surface area contributed by atoms with Crippen LogP contribution in [-0.4, -0.2) is 14.8 Å². The van der Waals surface area contributed by atoms with Gasteiger partial charge in [-0.25, -0.2) is 0 Å². The second kappa shape index (κ2) is 2.62. The van der Waals surface area contributed by atoms with E-state index in [0.717, 1.165) is 0 Å². The Bertz CT molecular complexity index is 299. The molecule has 2 N–H and O–H groups in total. The lowest BCUT2D eigenvalue weighted by Crippen LogP contribution is -2.20. The molecule has 0 aliphatic carbocycles. The molecule has 3 nitrogen and oxygen atoms in total. The van der Waals surface area contributed by atoms with E-state index in [9.17, 15) is 10.2 Å². The van der Waals surface area contributed by atoms with E-state index in [0.29, 0.717) is 4.90 Å². The summed E-state index contributed by atoms with van der Waals surface area (Å²) in [5.41, 5.74) is -0.338. The summed E-state index contributed by atoms with van der Waals surface area (Å²) >= 11 is 3.99. The van der Waals surface area contributed by atoms with Gasteiger partial charge in [0, 0.05) is 11.6 Å². The number of rotatable bonds is 0. The minimum atomic E-state index is -0.338. The third-order valence-electron chi connectivity index (χ3n) is 1.61. The second-order valence-corrected chi connectivity index (χ2v) is 4.20. The van der Waals surface area contributed by atoms with Gasteiger partial charge in [-0.2, -0.15) is 0 Å². The monoisotopic (exact) mass is 187 g/mol. The molecule has 1 aromatic rings.